The Morgan fingerprint density at radius 3 is 2.68 bits per heavy atom. The number of fused-ring (bicyclic) bond motifs is 3. The van der Waals surface area contributed by atoms with Crippen LogP contribution < -0.4 is 9.64 Å². The molecule has 5 rings (SSSR count). The summed E-state index contributed by atoms with van der Waals surface area (Å²) in [7, 11) is 1.90. The second kappa shape index (κ2) is 5.43. The predicted octanol–water partition coefficient (Wildman–Crippen LogP) is 3.94. The van der Waals surface area contributed by atoms with Gasteiger partial charge in [0.25, 0.3) is 0 Å². The number of hydrogen-bond acceptors (Lipinski definition) is 3. The van der Waals surface area contributed by atoms with E-state index in [4.69, 9.17) is 4.74 Å². The average molecular weight is 388 g/mol. The van der Waals surface area contributed by atoms with Crippen molar-refractivity contribution in [3.05, 3.63) is 59.2 Å². The zero-order valence-electron chi connectivity index (χ0n) is 15.5. The third-order valence-corrected chi connectivity index (χ3v) is 6.41. The van der Waals surface area contributed by atoms with Crippen molar-refractivity contribution in [1.29, 1.82) is 0 Å². The molecule has 4 nitrogen and oxygen atoms in total. The monoisotopic (exact) mass is 388 g/mol. The number of anilines is 1. The molecule has 146 valence electrons. The molecule has 0 radical (unpaired) electrons. The van der Waals surface area contributed by atoms with Gasteiger partial charge in [0.2, 0.25) is 0 Å². The molecule has 0 aliphatic carbocycles. The van der Waals surface area contributed by atoms with Gasteiger partial charge in [-0.25, -0.2) is 0 Å². The van der Waals surface area contributed by atoms with Gasteiger partial charge < -0.3 is 14.5 Å². The van der Waals surface area contributed by atoms with Gasteiger partial charge in [0, 0.05) is 24.8 Å². The molecule has 3 heterocycles. The number of ether oxygens (including phenoxy) is 1. The largest absolute Gasteiger partial charge is 0.471 e. The minimum absolute atomic E-state index is 0.0401. The quantitative estimate of drug-likeness (QED) is 0.686. The summed E-state index contributed by atoms with van der Waals surface area (Å²) in [5.41, 5.74) is 2.65. The maximum absolute atomic E-state index is 13.4. The van der Waals surface area contributed by atoms with Crippen molar-refractivity contribution in [3.63, 3.8) is 0 Å². The molecule has 28 heavy (non-hydrogen) atoms. The first-order chi connectivity index (χ1) is 13.3. The number of carbonyl (C=O) groups is 1. The first-order valence-electron chi connectivity index (χ1n) is 9.23. The molecule has 0 bridgehead atoms. The number of likely N-dealkylation sites (N-methyl/N-ethyl adjacent to an activating group) is 1. The normalized spacial score (nSPS) is 27.6. The van der Waals surface area contributed by atoms with Crippen molar-refractivity contribution in [2.75, 3.05) is 18.5 Å². The van der Waals surface area contributed by atoms with Gasteiger partial charge in [0.15, 0.2) is 6.23 Å². The van der Waals surface area contributed by atoms with E-state index in [0.717, 1.165) is 21.7 Å². The van der Waals surface area contributed by atoms with E-state index in [1.165, 1.54) is 0 Å². The molecule has 0 unspecified atom stereocenters. The molecule has 1 saturated heterocycles. The lowest BCUT2D eigenvalue weighted by Gasteiger charge is -2.46. The standard InChI is InChI=1S/C21H19F3N2O2/c1-12-6-5-7-13-16(12)28-19-20(14-8-3-4-9-15(14)25(19)2)10-11-26(17(13)20)18(27)21(22,23)24/h3-9,17,19H,10-11H2,1-2H3/t17-,19-,20+/m0/s1. The van der Waals surface area contributed by atoms with E-state index in [1.54, 1.807) is 6.07 Å². The van der Waals surface area contributed by atoms with Crippen molar-refractivity contribution in [2.45, 2.75) is 37.2 Å². The van der Waals surface area contributed by atoms with E-state index in [2.05, 4.69) is 0 Å². The van der Waals surface area contributed by atoms with E-state index >= 15 is 0 Å². The Kier molecular flexibility index (Phi) is 3.37. The summed E-state index contributed by atoms with van der Waals surface area (Å²) < 4.78 is 46.6. The lowest BCUT2D eigenvalue weighted by Crippen LogP contribution is -2.54. The van der Waals surface area contributed by atoms with Gasteiger partial charge in [-0.05, 0) is 30.5 Å². The number of likely N-dealkylation sites (tertiary alicyclic amines) is 1. The highest BCUT2D eigenvalue weighted by molar-refractivity contribution is 5.84. The van der Waals surface area contributed by atoms with Gasteiger partial charge in [-0.15, -0.1) is 0 Å². The number of halogens is 3. The van der Waals surface area contributed by atoms with Crippen LogP contribution in [0.25, 0.3) is 0 Å². The van der Waals surface area contributed by atoms with Crippen molar-refractivity contribution in [2.24, 2.45) is 0 Å². The maximum atomic E-state index is 13.4. The van der Waals surface area contributed by atoms with E-state index in [-0.39, 0.29) is 6.54 Å². The minimum atomic E-state index is -4.91. The Labute approximate surface area is 160 Å². The molecular formula is C21H19F3N2O2. The molecule has 3 aliphatic heterocycles. The third kappa shape index (κ3) is 1.99. The molecule has 7 heteroatoms. The van der Waals surface area contributed by atoms with Crippen LogP contribution >= 0.6 is 0 Å². The molecule has 1 amide bonds. The summed E-state index contributed by atoms with van der Waals surface area (Å²) in [6.07, 6.45) is -4.96. The van der Waals surface area contributed by atoms with Crippen molar-refractivity contribution >= 4 is 11.6 Å². The number of benzene rings is 2. The van der Waals surface area contributed by atoms with Crippen LogP contribution in [0, 0.1) is 6.92 Å². The number of rotatable bonds is 0. The topological polar surface area (TPSA) is 32.8 Å². The Bertz CT molecular complexity index is 990. The lowest BCUT2D eigenvalue weighted by atomic mass is 9.70. The van der Waals surface area contributed by atoms with Gasteiger partial charge in [-0.3, -0.25) is 4.79 Å². The number of aryl methyl sites for hydroxylation is 1. The molecular weight excluding hydrogens is 369 g/mol. The van der Waals surface area contributed by atoms with Crippen molar-refractivity contribution in [1.82, 2.24) is 4.90 Å². The molecule has 1 fully saturated rings. The Balaban J connectivity index is 1.78. The molecule has 0 saturated carbocycles. The average Bonchev–Trinajstić information content (AvgIpc) is 3.17. The maximum Gasteiger partial charge on any atom is 0.471 e. The summed E-state index contributed by atoms with van der Waals surface area (Å²) in [5.74, 6) is -1.20. The molecule has 3 atom stereocenters. The lowest BCUT2D eigenvalue weighted by molar-refractivity contribution is -0.187. The van der Waals surface area contributed by atoms with Crippen LogP contribution in [0.4, 0.5) is 18.9 Å². The fourth-order valence-electron chi connectivity index (χ4n) is 5.34. The Morgan fingerprint density at radius 2 is 1.93 bits per heavy atom. The first-order valence-corrected chi connectivity index (χ1v) is 9.23. The number of alkyl halides is 3. The number of nitrogens with zero attached hydrogens (tertiary/aromatic N) is 2. The van der Waals surface area contributed by atoms with Crippen LogP contribution in [0.1, 0.15) is 29.2 Å². The number of hydrogen-bond donors (Lipinski definition) is 0. The third-order valence-electron chi connectivity index (χ3n) is 6.41. The van der Waals surface area contributed by atoms with Gasteiger partial charge >= 0.3 is 12.1 Å². The minimum Gasteiger partial charge on any atom is -0.469 e. The molecule has 2 aromatic rings. The van der Waals surface area contributed by atoms with E-state index in [1.807, 2.05) is 55.3 Å². The number of carbonyl (C=O) groups excluding carboxylic acids is 1. The number of para-hydroxylation sites is 2. The smallest absolute Gasteiger partial charge is 0.469 e. The highest BCUT2D eigenvalue weighted by atomic mass is 19.4. The van der Waals surface area contributed by atoms with Crippen molar-refractivity contribution in [3.8, 4) is 5.75 Å². The van der Waals surface area contributed by atoms with E-state index in [0.29, 0.717) is 17.7 Å². The zero-order chi connectivity index (χ0) is 19.8. The molecule has 2 aromatic carbocycles. The zero-order valence-corrected chi connectivity index (χ0v) is 15.5. The van der Waals surface area contributed by atoms with Crippen LogP contribution in [0.3, 0.4) is 0 Å². The number of amides is 1. The van der Waals surface area contributed by atoms with Crippen LogP contribution in [-0.2, 0) is 10.2 Å². The van der Waals surface area contributed by atoms with Crippen LogP contribution in [0.5, 0.6) is 5.75 Å². The van der Waals surface area contributed by atoms with Gasteiger partial charge in [-0.1, -0.05) is 36.4 Å². The van der Waals surface area contributed by atoms with Gasteiger partial charge in [0.05, 0.1) is 11.5 Å². The first kappa shape index (κ1) is 17.4. The van der Waals surface area contributed by atoms with E-state index < -0.39 is 29.8 Å². The summed E-state index contributed by atoms with van der Waals surface area (Å²) in [4.78, 5) is 15.3. The fourth-order valence-corrected chi connectivity index (χ4v) is 5.34. The molecule has 3 aliphatic rings. The summed E-state index contributed by atoms with van der Waals surface area (Å²) in [6.45, 7) is 1.91. The van der Waals surface area contributed by atoms with Gasteiger partial charge in [-0.2, -0.15) is 13.2 Å². The fraction of sp³-hybridized carbons (Fsp3) is 0.381. The summed E-state index contributed by atoms with van der Waals surface area (Å²) in [6, 6.07) is 12.4. The second-order valence-corrected chi connectivity index (χ2v) is 7.78. The van der Waals surface area contributed by atoms with Crippen LogP contribution in [0.2, 0.25) is 0 Å². The van der Waals surface area contributed by atoms with Crippen molar-refractivity contribution < 1.29 is 22.7 Å². The Morgan fingerprint density at radius 1 is 1.18 bits per heavy atom. The SMILES string of the molecule is Cc1cccc2c1O[C@@H]1N(C)c3ccccc3[C@@]13CCN(C(=O)C(F)(F)F)[C@@H]23. The molecule has 0 aromatic heterocycles. The van der Waals surface area contributed by atoms with Gasteiger partial charge in [0.1, 0.15) is 5.75 Å². The highest BCUT2D eigenvalue weighted by Gasteiger charge is 2.66. The summed E-state index contributed by atoms with van der Waals surface area (Å²) in [5, 5.41) is 0. The second-order valence-electron chi connectivity index (χ2n) is 7.78. The predicted molar refractivity (Wildman–Crippen MR) is 97.2 cm³/mol. The summed E-state index contributed by atoms with van der Waals surface area (Å²) >= 11 is 0. The van der Waals surface area contributed by atoms with E-state index in [9.17, 15) is 18.0 Å². The molecule has 1 spiro atoms. The Hall–Kier alpha value is -2.70. The molecule has 0 N–H and O–H groups in total. The highest BCUT2D eigenvalue weighted by Crippen LogP contribution is 2.63. The van der Waals surface area contributed by atoms with Crippen LogP contribution in [-0.4, -0.2) is 36.8 Å². The van der Waals surface area contributed by atoms with Crippen LogP contribution in [0.15, 0.2) is 42.5 Å².